The molecule has 0 atom stereocenters. The van der Waals surface area contributed by atoms with Crippen molar-refractivity contribution in [1.29, 1.82) is 0 Å². The van der Waals surface area contributed by atoms with Crippen molar-refractivity contribution in [2.24, 2.45) is 5.41 Å². The number of hydrogen-bond acceptors (Lipinski definition) is 2. The third kappa shape index (κ3) is 7.50. The van der Waals surface area contributed by atoms with E-state index in [4.69, 9.17) is 0 Å². The van der Waals surface area contributed by atoms with Crippen molar-refractivity contribution in [3.63, 3.8) is 0 Å². The second-order valence-corrected chi connectivity index (χ2v) is 4.05. The third-order valence-corrected chi connectivity index (χ3v) is 1.94. The molecule has 1 amide bonds. The van der Waals surface area contributed by atoms with Crippen LogP contribution in [0.25, 0.3) is 0 Å². The molecule has 0 unspecified atom stereocenters. The fourth-order valence-corrected chi connectivity index (χ4v) is 1.03. The Labute approximate surface area is 79.9 Å². The molecule has 0 spiro atoms. The lowest BCUT2D eigenvalue weighted by molar-refractivity contribution is -0.119. The first-order valence-corrected chi connectivity index (χ1v) is 4.69. The third-order valence-electron chi connectivity index (χ3n) is 1.94. The van der Waals surface area contributed by atoms with Crippen LogP contribution in [0.5, 0.6) is 0 Å². The summed E-state index contributed by atoms with van der Waals surface area (Å²) in [4.78, 5) is 21.0. The van der Waals surface area contributed by atoms with E-state index in [2.05, 4.69) is 5.32 Å². The standard InChI is InChI=1S/C10H19NO2/c1-9(13)11-7-5-4-6-10(2,3)8-12/h8H,4-7H2,1-3H3,(H,11,13). The fourth-order valence-electron chi connectivity index (χ4n) is 1.03. The van der Waals surface area contributed by atoms with Crippen molar-refractivity contribution in [1.82, 2.24) is 5.32 Å². The van der Waals surface area contributed by atoms with Crippen molar-refractivity contribution in [3.05, 3.63) is 0 Å². The molecule has 3 nitrogen and oxygen atoms in total. The van der Waals surface area contributed by atoms with Crippen molar-refractivity contribution < 1.29 is 9.59 Å². The largest absolute Gasteiger partial charge is 0.356 e. The van der Waals surface area contributed by atoms with Gasteiger partial charge in [-0.25, -0.2) is 0 Å². The normalized spacial score (nSPS) is 11.0. The molecular formula is C10H19NO2. The summed E-state index contributed by atoms with van der Waals surface area (Å²) in [5.41, 5.74) is -0.212. The maximum atomic E-state index is 10.5. The molecule has 0 radical (unpaired) electrons. The van der Waals surface area contributed by atoms with Crippen LogP contribution in [-0.4, -0.2) is 18.7 Å². The molecule has 76 valence electrons. The van der Waals surface area contributed by atoms with Gasteiger partial charge >= 0.3 is 0 Å². The highest BCUT2D eigenvalue weighted by Crippen LogP contribution is 2.19. The van der Waals surface area contributed by atoms with E-state index in [0.29, 0.717) is 6.54 Å². The summed E-state index contributed by atoms with van der Waals surface area (Å²) < 4.78 is 0. The summed E-state index contributed by atoms with van der Waals surface area (Å²) in [6.07, 6.45) is 3.80. The van der Waals surface area contributed by atoms with Gasteiger partial charge in [-0.3, -0.25) is 4.79 Å². The van der Waals surface area contributed by atoms with Crippen molar-refractivity contribution in [2.75, 3.05) is 6.54 Å². The Hall–Kier alpha value is -0.860. The van der Waals surface area contributed by atoms with E-state index in [1.807, 2.05) is 13.8 Å². The molecule has 0 saturated carbocycles. The molecule has 0 aliphatic carbocycles. The van der Waals surface area contributed by atoms with Crippen molar-refractivity contribution in [2.45, 2.75) is 40.0 Å². The van der Waals surface area contributed by atoms with Gasteiger partial charge in [-0.15, -0.1) is 0 Å². The summed E-state index contributed by atoms with van der Waals surface area (Å²) in [7, 11) is 0. The van der Waals surface area contributed by atoms with Gasteiger partial charge in [-0.05, 0) is 12.8 Å². The highest BCUT2D eigenvalue weighted by Gasteiger charge is 2.14. The Kier molecular flexibility index (Phi) is 5.35. The van der Waals surface area contributed by atoms with Crippen LogP contribution >= 0.6 is 0 Å². The van der Waals surface area contributed by atoms with E-state index in [-0.39, 0.29) is 11.3 Å². The molecule has 1 N–H and O–H groups in total. The zero-order valence-electron chi connectivity index (χ0n) is 8.72. The minimum atomic E-state index is -0.212. The number of carbonyl (C=O) groups is 2. The van der Waals surface area contributed by atoms with Crippen LogP contribution in [0.1, 0.15) is 40.0 Å². The molecule has 0 bridgehead atoms. The molecule has 13 heavy (non-hydrogen) atoms. The van der Waals surface area contributed by atoms with E-state index in [1.54, 1.807) is 0 Å². The zero-order chi connectivity index (χ0) is 10.3. The Balaban J connectivity index is 3.35. The quantitative estimate of drug-likeness (QED) is 0.503. The Bertz CT molecular complexity index is 176. The van der Waals surface area contributed by atoms with Gasteiger partial charge in [0.25, 0.3) is 0 Å². The number of rotatable bonds is 6. The topological polar surface area (TPSA) is 46.2 Å². The van der Waals surface area contributed by atoms with Gasteiger partial charge in [0, 0.05) is 18.9 Å². The van der Waals surface area contributed by atoms with Crippen LogP contribution in [-0.2, 0) is 9.59 Å². The maximum Gasteiger partial charge on any atom is 0.216 e. The molecule has 0 aromatic rings. The molecule has 0 aromatic heterocycles. The fraction of sp³-hybridized carbons (Fsp3) is 0.800. The average Bonchev–Trinajstić information content (AvgIpc) is 2.03. The second kappa shape index (κ2) is 5.73. The first-order valence-electron chi connectivity index (χ1n) is 4.69. The van der Waals surface area contributed by atoms with Crippen LogP contribution in [0.15, 0.2) is 0 Å². The summed E-state index contributed by atoms with van der Waals surface area (Å²) in [6, 6.07) is 0. The first-order chi connectivity index (χ1) is 5.98. The van der Waals surface area contributed by atoms with Gasteiger partial charge in [0.05, 0.1) is 0 Å². The van der Waals surface area contributed by atoms with Gasteiger partial charge in [-0.1, -0.05) is 20.3 Å². The molecule has 0 saturated heterocycles. The molecule has 0 fully saturated rings. The number of amides is 1. The summed E-state index contributed by atoms with van der Waals surface area (Å²) in [5.74, 6) is 0.00893. The molecule has 0 rings (SSSR count). The van der Waals surface area contributed by atoms with Crippen LogP contribution in [0.2, 0.25) is 0 Å². The summed E-state index contributed by atoms with van der Waals surface area (Å²) in [6.45, 7) is 6.08. The van der Waals surface area contributed by atoms with Crippen LogP contribution < -0.4 is 5.32 Å². The molecular weight excluding hydrogens is 166 g/mol. The van der Waals surface area contributed by atoms with E-state index >= 15 is 0 Å². The molecule has 0 aliphatic rings. The number of carbonyl (C=O) groups excluding carboxylic acids is 2. The number of unbranched alkanes of at least 4 members (excludes halogenated alkanes) is 1. The van der Waals surface area contributed by atoms with Crippen LogP contribution in [0, 0.1) is 5.41 Å². The Morgan fingerprint density at radius 1 is 1.38 bits per heavy atom. The highest BCUT2D eigenvalue weighted by molar-refractivity contribution is 5.72. The average molecular weight is 185 g/mol. The Morgan fingerprint density at radius 2 is 2.00 bits per heavy atom. The van der Waals surface area contributed by atoms with E-state index in [9.17, 15) is 9.59 Å². The summed E-state index contributed by atoms with van der Waals surface area (Å²) >= 11 is 0. The summed E-state index contributed by atoms with van der Waals surface area (Å²) in [5, 5.41) is 2.72. The first kappa shape index (κ1) is 12.1. The second-order valence-electron chi connectivity index (χ2n) is 4.05. The van der Waals surface area contributed by atoms with Gasteiger partial charge in [0.1, 0.15) is 6.29 Å². The van der Waals surface area contributed by atoms with E-state index in [1.165, 1.54) is 6.92 Å². The van der Waals surface area contributed by atoms with Crippen molar-refractivity contribution >= 4 is 12.2 Å². The maximum absolute atomic E-state index is 10.5. The van der Waals surface area contributed by atoms with Gasteiger partial charge in [0.2, 0.25) is 5.91 Å². The Morgan fingerprint density at radius 3 is 2.46 bits per heavy atom. The number of aldehydes is 1. The minimum Gasteiger partial charge on any atom is -0.356 e. The molecule has 0 aromatic carbocycles. The zero-order valence-corrected chi connectivity index (χ0v) is 8.72. The predicted molar refractivity (Wildman–Crippen MR) is 52.4 cm³/mol. The lowest BCUT2D eigenvalue weighted by atomic mass is 9.89. The van der Waals surface area contributed by atoms with E-state index < -0.39 is 0 Å². The lowest BCUT2D eigenvalue weighted by Crippen LogP contribution is -2.21. The van der Waals surface area contributed by atoms with Crippen LogP contribution in [0.4, 0.5) is 0 Å². The SMILES string of the molecule is CC(=O)NCCCCC(C)(C)C=O. The van der Waals surface area contributed by atoms with E-state index in [0.717, 1.165) is 25.5 Å². The van der Waals surface area contributed by atoms with Crippen LogP contribution in [0.3, 0.4) is 0 Å². The molecule has 0 aliphatic heterocycles. The lowest BCUT2D eigenvalue weighted by Gasteiger charge is -2.15. The number of hydrogen-bond donors (Lipinski definition) is 1. The smallest absolute Gasteiger partial charge is 0.216 e. The van der Waals surface area contributed by atoms with Crippen molar-refractivity contribution in [3.8, 4) is 0 Å². The van der Waals surface area contributed by atoms with Gasteiger partial charge < -0.3 is 10.1 Å². The van der Waals surface area contributed by atoms with Gasteiger partial charge in [0.15, 0.2) is 0 Å². The molecule has 3 heteroatoms. The predicted octanol–water partition coefficient (Wildman–Crippen LogP) is 1.52. The molecule has 0 heterocycles. The van der Waals surface area contributed by atoms with Gasteiger partial charge in [-0.2, -0.15) is 0 Å². The monoisotopic (exact) mass is 185 g/mol. The highest BCUT2D eigenvalue weighted by atomic mass is 16.1. The number of nitrogens with one attached hydrogen (secondary N) is 1. The minimum absolute atomic E-state index is 0.00893.